The van der Waals surface area contributed by atoms with Gasteiger partial charge in [-0.2, -0.15) is 0 Å². The Morgan fingerprint density at radius 1 is 0.564 bits per heavy atom. The summed E-state index contributed by atoms with van der Waals surface area (Å²) in [5.41, 5.74) is 0. The minimum absolute atomic E-state index is 0.0294. The number of phosphoric ester groups is 1. The number of carbonyl (C=O) groups is 2. The van der Waals surface area contributed by atoms with Crippen molar-refractivity contribution in [3.05, 3.63) is 36.5 Å². The molecule has 322 valence electrons. The molecule has 0 aromatic rings. The molecule has 55 heavy (non-hydrogen) atoms. The Bertz CT molecular complexity index is 1040. The van der Waals surface area contributed by atoms with Crippen LogP contribution in [0.5, 0.6) is 0 Å². The van der Waals surface area contributed by atoms with Crippen LogP contribution in [0.3, 0.4) is 0 Å². The Hall–Kier alpha value is -1.77. The van der Waals surface area contributed by atoms with E-state index < -0.39 is 26.5 Å². The van der Waals surface area contributed by atoms with Crippen molar-refractivity contribution in [2.45, 2.75) is 193 Å². The maximum atomic E-state index is 12.7. The molecule has 0 saturated heterocycles. The van der Waals surface area contributed by atoms with E-state index in [0.29, 0.717) is 17.4 Å². The van der Waals surface area contributed by atoms with Gasteiger partial charge < -0.3 is 18.9 Å². The molecule has 9 nitrogen and oxygen atoms in total. The number of quaternary nitrogens is 1. The molecule has 0 aliphatic carbocycles. The van der Waals surface area contributed by atoms with Crippen molar-refractivity contribution in [3.8, 4) is 0 Å². The summed E-state index contributed by atoms with van der Waals surface area (Å²) < 4.78 is 34.3. The van der Waals surface area contributed by atoms with E-state index in [1.807, 2.05) is 21.1 Å². The Labute approximate surface area is 338 Å². The number of nitrogens with zero attached hydrogens (tertiary/aromatic N) is 1. The van der Waals surface area contributed by atoms with E-state index in [4.69, 9.17) is 18.5 Å². The highest BCUT2D eigenvalue weighted by Crippen LogP contribution is 2.43. The first-order valence-electron chi connectivity index (χ1n) is 22.2. The van der Waals surface area contributed by atoms with Gasteiger partial charge in [0, 0.05) is 12.8 Å². The van der Waals surface area contributed by atoms with Gasteiger partial charge in [0.15, 0.2) is 6.10 Å². The van der Waals surface area contributed by atoms with E-state index in [9.17, 15) is 19.0 Å². The SMILES string of the molecule is CCCCC/C=C\C/C=C\C/C=C\CCCCCCCCC(=O)OC(COC(=O)CCCCCCCCCCCCCC)COP(=O)(O)OCC[N+](C)(C)C. The van der Waals surface area contributed by atoms with Gasteiger partial charge in [-0.1, -0.05) is 159 Å². The van der Waals surface area contributed by atoms with Crippen molar-refractivity contribution in [3.63, 3.8) is 0 Å². The third kappa shape index (κ3) is 41.7. The van der Waals surface area contributed by atoms with Crippen LogP contribution >= 0.6 is 7.82 Å². The van der Waals surface area contributed by atoms with Gasteiger partial charge in [0.1, 0.15) is 19.8 Å². The van der Waals surface area contributed by atoms with E-state index in [-0.39, 0.29) is 32.0 Å². The molecular weight excluding hydrogens is 713 g/mol. The summed E-state index contributed by atoms with van der Waals surface area (Å²) in [6.45, 7) is 4.38. The van der Waals surface area contributed by atoms with Crippen LogP contribution in [-0.2, 0) is 32.7 Å². The zero-order valence-electron chi connectivity index (χ0n) is 36.2. The largest absolute Gasteiger partial charge is 0.472 e. The molecule has 0 radical (unpaired) electrons. The lowest BCUT2D eigenvalue weighted by molar-refractivity contribution is -0.870. The summed E-state index contributed by atoms with van der Waals surface area (Å²) in [4.78, 5) is 35.3. The molecule has 0 aliphatic heterocycles. The number of phosphoric acid groups is 1. The molecule has 2 atom stereocenters. The monoisotopic (exact) mass is 799 g/mol. The maximum Gasteiger partial charge on any atom is 0.472 e. The molecular formula is C45H85NO8P+. The van der Waals surface area contributed by atoms with Crippen LogP contribution in [0.2, 0.25) is 0 Å². The van der Waals surface area contributed by atoms with Gasteiger partial charge in [-0.15, -0.1) is 0 Å². The lowest BCUT2D eigenvalue weighted by atomic mass is 10.0. The van der Waals surface area contributed by atoms with Crippen LogP contribution in [0, 0.1) is 0 Å². The Kier molecular flexibility index (Phi) is 36.6. The summed E-state index contributed by atoms with van der Waals surface area (Å²) in [5.74, 6) is -0.810. The Balaban J connectivity index is 4.36. The normalized spacial score (nSPS) is 13.9. The van der Waals surface area contributed by atoms with Gasteiger partial charge in [-0.05, 0) is 51.4 Å². The molecule has 0 aliphatic rings. The lowest BCUT2D eigenvalue weighted by Crippen LogP contribution is -2.37. The van der Waals surface area contributed by atoms with Crippen LogP contribution in [0.15, 0.2) is 36.5 Å². The quantitative estimate of drug-likeness (QED) is 0.0215. The molecule has 0 rings (SSSR count). The molecule has 0 bridgehead atoms. The molecule has 0 heterocycles. The first-order valence-corrected chi connectivity index (χ1v) is 23.7. The molecule has 1 N–H and O–H groups in total. The number of ether oxygens (including phenoxy) is 2. The van der Waals surface area contributed by atoms with Gasteiger partial charge >= 0.3 is 19.8 Å². The highest BCUT2D eigenvalue weighted by Gasteiger charge is 2.27. The molecule has 0 aromatic carbocycles. The number of rotatable bonds is 40. The fourth-order valence-corrected chi connectivity index (χ4v) is 6.64. The average Bonchev–Trinajstić information content (AvgIpc) is 3.13. The summed E-state index contributed by atoms with van der Waals surface area (Å²) in [7, 11) is 1.47. The van der Waals surface area contributed by atoms with Gasteiger partial charge in [0.25, 0.3) is 0 Å². The van der Waals surface area contributed by atoms with Gasteiger partial charge in [0.05, 0.1) is 27.7 Å². The van der Waals surface area contributed by atoms with Crippen molar-refractivity contribution in [1.82, 2.24) is 0 Å². The second-order valence-electron chi connectivity index (χ2n) is 16.1. The predicted molar refractivity (Wildman–Crippen MR) is 229 cm³/mol. The molecule has 0 spiro atoms. The average molecular weight is 799 g/mol. The number of allylic oxidation sites excluding steroid dienone is 6. The fourth-order valence-electron chi connectivity index (χ4n) is 5.90. The number of esters is 2. The third-order valence-electron chi connectivity index (χ3n) is 9.42. The molecule has 0 fully saturated rings. The number of unbranched alkanes of at least 4 members (excludes halogenated alkanes) is 20. The standard InChI is InChI=1S/C45H84NO8P/c1-6-8-10-12-14-16-18-20-21-22-23-24-25-26-28-30-32-34-36-38-45(48)54-43(42-53-55(49,50)52-40-39-46(3,4)5)41-51-44(47)37-35-33-31-29-27-19-17-15-13-11-9-7-2/h14,16,20-21,23-24,43H,6-13,15,17-19,22,25-42H2,1-5H3/p+1/b16-14-,21-20-,24-23-. The van der Waals surface area contributed by atoms with Crippen LogP contribution in [0.25, 0.3) is 0 Å². The van der Waals surface area contributed by atoms with E-state index in [0.717, 1.165) is 70.6 Å². The first-order chi connectivity index (χ1) is 26.5. The fraction of sp³-hybridized carbons (Fsp3) is 0.822. The van der Waals surface area contributed by atoms with Gasteiger partial charge in [-0.25, -0.2) is 4.57 Å². The molecule has 0 saturated carbocycles. The van der Waals surface area contributed by atoms with Gasteiger partial charge in [0.2, 0.25) is 0 Å². The zero-order chi connectivity index (χ0) is 40.7. The third-order valence-corrected chi connectivity index (χ3v) is 10.4. The van der Waals surface area contributed by atoms with E-state index in [1.165, 1.54) is 83.5 Å². The van der Waals surface area contributed by atoms with Crippen LogP contribution < -0.4 is 0 Å². The number of likely N-dealkylation sites (N-methyl/N-ethyl adjacent to an activating group) is 1. The smallest absolute Gasteiger partial charge is 0.462 e. The van der Waals surface area contributed by atoms with Crippen molar-refractivity contribution >= 4 is 19.8 Å². The second-order valence-corrected chi connectivity index (χ2v) is 17.5. The summed E-state index contributed by atoms with van der Waals surface area (Å²) in [5, 5.41) is 0. The highest BCUT2D eigenvalue weighted by atomic mass is 31.2. The lowest BCUT2D eigenvalue weighted by Gasteiger charge is -2.24. The molecule has 0 aromatic heterocycles. The highest BCUT2D eigenvalue weighted by molar-refractivity contribution is 7.47. The number of hydrogen-bond donors (Lipinski definition) is 1. The molecule has 2 unspecified atom stereocenters. The maximum absolute atomic E-state index is 12.7. The first kappa shape index (κ1) is 53.2. The second kappa shape index (κ2) is 37.8. The van der Waals surface area contributed by atoms with Crippen LogP contribution in [0.4, 0.5) is 0 Å². The minimum atomic E-state index is -4.37. The van der Waals surface area contributed by atoms with Crippen molar-refractivity contribution in [2.24, 2.45) is 0 Å². The Morgan fingerprint density at radius 3 is 1.49 bits per heavy atom. The van der Waals surface area contributed by atoms with Crippen molar-refractivity contribution in [2.75, 3.05) is 47.5 Å². The zero-order valence-corrected chi connectivity index (χ0v) is 37.1. The summed E-state index contributed by atoms with van der Waals surface area (Å²) in [6.07, 6.45) is 41.8. The molecule has 0 amide bonds. The topological polar surface area (TPSA) is 108 Å². The van der Waals surface area contributed by atoms with Crippen molar-refractivity contribution < 1.29 is 42.1 Å². The van der Waals surface area contributed by atoms with E-state index in [2.05, 4.69) is 50.3 Å². The minimum Gasteiger partial charge on any atom is -0.462 e. The van der Waals surface area contributed by atoms with Crippen molar-refractivity contribution in [1.29, 1.82) is 0 Å². The van der Waals surface area contributed by atoms with Crippen LogP contribution in [-0.4, -0.2) is 74.9 Å². The number of carbonyl (C=O) groups excluding carboxylic acids is 2. The van der Waals surface area contributed by atoms with Crippen LogP contribution in [0.1, 0.15) is 187 Å². The van der Waals surface area contributed by atoms with E-state index >= 15 is 0 Å². The molecule has 10 heteroatoms. The predicted octanol–water partition coefficient (Wildman–Crippen LogP) is 12.5. The number of hydrogen-bond acceptors (Lipinski definition) is 7. The van der Waals surface area contributed by atoms with Gasteiger partial charge in [-0.3, -0.25) is 18.6 Å². The summed E-state index contributed by atoms with van der Waals surface area (Å²) >= 11 is 0. The Morgan fingerprint density at radius 2 is 0.982 bits per heavy atom. The van der Waals surface area contributed by atoms with E-state index in [1.54, 1.807) is 0 Å². The summed E-state index contributed by atoms with van der Waals surface area (Å²) in [6, 6.07) is 0.